The normalized spacial score (nSPS) is 16.2. The lowest BCUT2D eigenvalue weighted by molar-refractivity contribution is -0.124. The van der Waals surface area contributed by atoms with E-state index in [2.05, 4.69) is 10.3 Å². The summed E-state index contributed by atoms with van der Waals surface area (Å²) in [5, 5.41) is 3.01. The molecule has 1 aromatic rings. The monoisotopic (exact) mass is 218 g/mol. The summed E-state index contributed by atoms with van der Waals surface area (Å²) in [7, 11) is 0. The molecule has 1 saturated carbocycles. The second-order valence-electron chi connectivity index (χ2n) is 4.38. The van der Waals surface area contributed by atoms with Gasteiger partial charge in [-0.1, -0.05) is 18.9 Å². The van der Waals surface area contributed by atoms with Gasteiger partial charge in [0.1, 0.15) is 0 Å². The summed E-state index contributed by atoms with van der Waals surface area (Å²) in [6.45, 7) is 0.723. The molecule has 1 heterocycles. The van der Waals surface area contributed by atoms with Crippen LogP contribution in [0.5, 0.6) is 0 Å². The van der Waals surface area contributed by atoms with Gasteiger partial charge in [0.25, 0.3) is 0 Å². The zero-order chi connectivity index (χ0) is 11.2. The van der Waals surface area contributed by atoms with Gasteiger partial charge in [0.15, 0.2) is 0 Å². The zero-order valence-corrected chi connectivity index (χ0v) is 9.48. The minimum atomic E-state index is 0.237. The van der Waals surface area contributed by atoms with Gasteiger partial charge < -0.3 is 5.32 Å². The number of hydrogen-bond acceptors (Lipinski definition) is 2. The molecule has 0 aromatic carbocycles. The SMILES string of the molecule is O=C(NCCc1cccnc1)C1CCCC1. The molecular formula is C13H18N2O. The van der Waals surface area contributed by atoms with Crippen LogP contribution in [0.3, 0.4) is 0 Å². The fourth-order valence-corrected chi connectivity index (χ4v) is 2.21. The number of amides is 1. The number of nitrogens with one attached hydrogen (secondary N) is 1. The average Bonchev–Trinajstić information content (AvgIpc) is 2.84. The third-order valence-corrected chi connectivity index (χ3v) is 3.16. The highest BCUT2D eigenvalue weighted by Gasteiger charge is 2.21. The Morgan fingerprint density at radius 3 is 2.94 bits per heavy atom. The number of rotatable bonds is 4. The van der Waals surface area contributed by atoms with Gasteiger partial charge in [0, 0.05) is 24.9 Å². The quantitative estimate of drug-likeness (QED) is 0.839. The van der Waals surface area contributed by atoms with E-state index in [1.54, 1.807) is 6.20 Å². The van der Waals surface area contributed by atoms with Crippen molar-refractivity contribution in [2.24, 2.45) is 5.92 Å². The lowest BCUT2D eigenvalue weighted by atomic mass is 10.1. The highest BCUT2D eigenvalue weighted by Crippen LogP contribution is 2.24. The molecule has 1 amide bonds. The minimum Gasteiger partial charge on any atom is -0.356 e. The highest BCUT2D eigenvalue weighted by atomic mass is 16.1. The van der Waals surface area contributed by atoms with Crippen LogP contribution < -0.4 is 5.32 Å². The molecule has 3 heteroatoms. The first-order valence-corrected chi connectivity index (χ1v) is 6.03. The summed E-state index contributed by atoms with van der Waals surface area (Å²) in [5.41, 5.74) is 1.18. The van der Waals surface area contributed by atoms with Crippen LogP contribution in [0.25, 0.3) is 0 Å². The van der Waals surface area contributed by atoms with Gasteiger partial charge in [0.05, 0.1) is 0 Å². The second kappa shape index (κ2) is 5.64. The van der Waals surface area contributed by atoms with Crippen LogP contribution in [0.15, 0.2) is 24.5 Å². The van der Waals surface area contributed by atoms with E-state index in [1.165, 1.54) is 18.4 Å². The molecule has 3 nitrogen and oxygen atoms in total. The molecule has 1 fully saturated rings. The summed E-state index contributed by atoms with van der Waals surface area (Å²) in [6, 6.07) is 3.96. The van der Waals surface area contributed by atoms with Crippen molar-refractivity contribution in [2.75, 3.05) is 6.54 Å². The van der Waals surface area contributed by atoms with Crippen LogP contribution in [0.1, 0.15) is 31.2 Å². The van der Waals surface area contributed by atoms with Crippen LogP contribution in [-0.4, -0.2) is 17.4 Å². The van der Waals surface area contributed by atoms with Gasteiger partial charge in [-0.15, -0.1) is 0 Å². The number of hydrogen-bond donors (Lipinski definition) is 1. The molecular weight excluding hydrogens is 200 g/mol. The Hall–Kier alpha value is -1.38. The maximum absolute atomic E-state index is 11.7. The molecule has 0 saturated heterocycles. The Morgan fingerprint density at radius 1 is 1.44 bits per heavy atom. The molecule has 1 N–H and O–H groups in total. The summed E-state index contributed by atoms with van der Waals surface area (Å²) in [4.78, 5) is 15.8. The molecule has 0 spiro atoms. The fraction of sp³-hybridized carbons (Fsp3) is 0.538. The molecule has 2 rings (SSSR count). The first-order valence-electron chi connectivity index (χ1n) is 6.03. The number of carbonyl (C=O) groups is 1. The van der Waals surface area contributed by atoms with Gasteiger partial charge >= 0.3 is 0 Å². The van der Waals surface area contributed by atoms with Crippen molar-refractivity contribution < 1.29 is 4.79 Å². The Balaban J connectivity index is 1.70. The van der Waals surface area contributed by atoms with Crippen LogP contribution in [0, 0.1) is 5.92 Å². The van der Waals surface area contributed by atoms with Crippen LogP contribution in [0.4, 0.5) is 0 Å². The van der Waals surface area contributed by atoms with Gasteiger partial charge in [-0.3, -0.25) is 9.78 Å². The summed E-state index contributed by atoms with van der Waals surface area (Å²) in [5.74, 6) is 0.510. The van der Waals surface area contributed by atoms with E-state index in [-0.39, 0.29) is 11.8 Å². The van der Waals surface area contributed by atoms with Gasteiger partial charge in [-0.25, -0.2) is 0 Å². The van der Waals surface area contributed by atoms with Crippen molar-refractivity contribution in [3.8, 4) is 0 Å². The van der Waals surface area contributed by atoms with Crippen LogP contribution in [0.2, 0.25) is 0 Å². The standard InChI is InChI=1S/C13H18N2O/c16-13(12-5-1-2-6-12)15-9-7-11-4-3-8-14-10-11/h3-4,8,10,12H,1-2,5-7,9H2,(H,15,16). The van der Waals surface area contributed by atoms with Crippen molar-refractivity contribution >= 4 is 5.91 Å². The molecule has 0 atom stereocenters. The summed E-state index contributed by atoms with van der Waals surface area (Å²) in [6.07, 6.45) is 9.04. The Labute approximate surface area is 96.3 Å². The second-order valence-corrected chi connectivity index (χ2v) is 4.38. The van der Waals surface area contributed by atoms with Crippen molar-refractivity contribution in [1.82, 2.24) is 10.3 Å². The third kappa shape index (κ3) is 3.05. The predicted molar refractivity (Wildman–Crippen MR) is 62.9 cm³/mol. The average molecular weight is 218 g/mol. The van der Waals surface area contributed by atoms with Crippen LogP contribution in [-0.2, 0) is 11.2 Å². The maximum Gasteiger partial charge on any atom is 0.223 e. The molecule has 0 radical (unpaired) electrons. The molecule has 1 aliphatic carbocycles. The molecule has 0 bridgehead atoms. The number of aromatic nitrogens is 1. The predicted octanol–water partition coefficient (Wildman–Crippen LogP) is 1.93. The maximum atomic E-state index is 11.7. The molecule has 0 aliphatic heterocycles. The first-order chi connectivity index (χ1) is 7.86. The van der Waals surface area contributed by atoms with E-state index < -0.39 is 0 Å². The van der Waals surface area contributed by atoms with Crippen molar-refractivity contribution in [1.29, 1.82) is 0 Å². The lowest BCUT2D eigenvalue weighted by Crippen LogP contribution is -2.30. The largest absolute Gasteiger partial charge is 0.356 e. The van der Waals surface area contributed by atoms with E-state index in [1.807, 2.05) is 18.3 Å². The Bertz CT molecular complexity index is 331. The third-order valence-electron chi connectivity index (χ3n) is 3.16. The van der Waals surface area contributed by atoms with Gasteiger partial charge in [-0.05, 0) is 30.9 Å². The number of pyridine rings is 1. The van der Waals surface area contributed by atoms with E-state index >= 15 is 0 Å². The van der Waals surface area contributed by atoms with Crippen LogP contribution >= 0.6 is 0 Å². The Kier molecular flexibility index (Phi) is 3.91. The van der Waals surface area contributed by atoms with E-state index in [9.17, 15) is 4.79 Å². The fourth-order valence-electron chi connectivity index (χ4n) is 2.21. The van der Waals surface area contributed by atoms with E-state index in [0.29, 0.717) is 0 Å². The number of nitrogens with zero attached hydrogens (tertiary/aromatic N) is 1. The minimum absolute atomic E-state index is 0.237. The van der Waals surface area contributed by atoms with Gasteiger partial charge in [0.2, 0.25) is 5.91 Å². The molecule has 16 heavy (non-hydrogen) atoms. The smallest absolute Gasteiger partial charge is 0.223 e. The molecule has 0 unspecified atom stereocenters. The molecule has 1 aliphatic rings. The molecule has 86 valence electrons. The zero-order valence-electron chi connectivity index (χ0n) is 9.48. The Morgan fingerprint density at radius 2 is 2.25 bits per heavy atom. The summed E-state index contributed by atoms with van der Waals surface area (Å²) < 4.78 is 0. The van der Waals surface area contributed by atoms with E-state index in [0.717, 1.165) is 25.8 Å². The van der Waals surface area contributed by atoms with E-state index in [4.69, 9.17) is 0 Å². The lowest BCUT2D eigenvalue weighted by Gasteiger charge is -2.09. The number of carbonyl (C=O) groups excluding carboxylic acids is 1. The topological polar surface area (TPSA) is 42.0 Å². The first kappa shape index (κ1) is 11.1. The van der Waals surface area contributed by atoms with Crippen molar-refractivity contribution in [2.45, 2.75) is 32.1 Å². The van der Waals surface area contributed by atoms with Gasteiger partial charge in [-0.2, -0.15) is 0 Å². The summed E-state index contributed by atoms with van der Waals surface area (Å²) >= 11 is 0. The highest BCUT2D eigenvalue weighted by molar-refractivity contribution is 5.78. The van der Waals surface area contributed by atoms with Crippen molar-refractivity contribution in [3.05, 3.63) is 30.1 Å². The van der Waals surface area contributed by atoms with Crippen molar-refractivity contribution in [3.63, 3.8) is 0 Å². The molecule has 1 aromatic heterocycles.